The lowest BCUT2D eigenvalue weighted by Gasteiger charge is -2.14. The predicted molar refractivity (Wildman–Crippen MR) is 75.9 cm³/mol. The summed E-state index contributed by atoms with van der Waals surface area (Å²) in [5.41, 5.74) is 8.54. The molecule has 0 aromatic heterocycles. The van der Waals surface area contributed by atoms with Gasteiger partial charge in [-0.3, -0.25) is 4.79 Å². The second-order valence-electron chi connectivity index (χ2n) is 6.29. The van der Waals surface area contributed by atoms with Crippen LogP contribution in [0.25, 0.3) is 0 Å². The fraction of sp³-hybridized carbons (Fsp3) is 0.562. The maximum Gasteiger partial charge on any atom is 0.227 e. The lowest BCUT2D eigenvalue weighted by atomic mass is 9.95. The fourth-order valence-electron chi connectivity index (χ4n) is 2.42. The number of amides is 1. The molecule has 1 atom stereocenters. The third-order valence-corrected chi connectivity index (χ3v) is 4.22. The van der Waals surface area contributed by atoms with Crippen LogP contribution in [0.15, 0.2) is 24.3 Å². The van der Waals surface area contributed by atoms with E-state index < -0.39 is 0 Å². The number of nitrogens with one attached hydrogen (secondary N) is 1. The minimum Gasteiger partial charge on any atom is -0.353 e. The Morgan fingerprint density at radius 1 is 1.47 bits per heavy atom. The number of rotatable bonds is 5. The van der Waals surface area contributed by atoms with Crippen LogP contribution < -0.4 is 11.1 Å². The first-order chi connectivity index (χ1) is 9.06. The summed E-state index contributed by atoms with van der Waals surface area (Å²) in [4.78, 5) is 12.1. The van der Waals surface area contributed by atoms with Crippen LogP contribution in [0.4, 0.5) is 0 Å². The molecule has 2 fully saturated rings. The third-order valence-electron chi connectivity index (χ3n) is 4.22. The van der Waals surface area contributed by atoms with Crippen LogP contribution in [0.1, 0.15) is 49.7 Å². The summed E-state index contributed by atoms with van der Waals surface area (Å²) >= 11 is 0. The summed E-state index contributed by atoms with van der Waals surface area (Å²) in [6.07, 6.45) is 5.43. The maximum atomic E-state index is 12.1. The molecule has 0 aliphatic heterocycles. The van der Waals surface area contributed by atoms with Gasteiger partial charge in [-0.15, -0.1) is 0 Å². The minimum absolute atomic E-state index is 0.0259. The molecule has 102 valence electrons. The van der Waals surface area contributed by atoms with Crippen molar-refractivity contribution in [1.29, 1.82) is 0 Å². The zero-order valence-corrected chi connectivity index (χ0v) is 11.5. The van der Waals surface area contributed by atoms with Crippen molar-refractivity contribution in [3.8, 4) is 0 Å². The van der Waals surface area contributed by atoms with Gasteiger partial charge in [-0.25, -0.2) is 0 Å². The SMILES string of the molecule is CC(C(=O)NC1CC1)c1cccc(CC2(N)CC2)c1. The summed E-state index contributed by atoms with van der Waals surface area (Å²) in [7, 11) is 0. The molecule has 0 bridgehead atoms. The largest absolute Gasteiger partial charge is 0.353 e. The molecule has 2 aliphatic carbocycles. The Morgan fingerprint density at radius 3 is 2.84 bits per heavy atom. The molecule has 19 heavy (non-hydrogen) atoms. The van der Waals surface area contributed by atoms with Crippen LogP contribution in [-0.4, -0.2) is 17.5 Å². The molecule has 3 N–H and O–H groups in total. The number of carbonyl (C=O) groups is 1. The first kappa shape index (κ1) is 12.7. The van der Waals surface area contributed by atoms with E-state index in [1.54, 1.807) is 0 Å². The predicted octanol–water partition coefficient (Wildman–Crippen LogP) is 2.10. The van der Waals surface area contributed by atoms with Gasteiger partial charge in [0.2, 0.25) is 5.91 Å². The van der Waals surface area contributed by atoms with E-state index in [4.69, 9.17) is 5.73 Å². The second-order valence-corrected chi connectivity index (χ2v) is 6.29. The summed E-state index contributed by atoms with van der Waals surface area (Å²) in [6, 6.07) is 8.76. The van der Waals surface area contributed by atoms with Crippen LogP contribution in [0.2, 0.25) is 0 Å². The molecule has 3 nitrogen and oxygen atoms in total. The van der Waals surface area contributed by atoms with E-state index in [0.29, 0.717) is 6.04 Å². The Labute approximate surface area is 114 Å². The van der Waals surface area contributed by atoms with Gasteiger partial charge in [0.1, 0.15) is 0 Å². The van der Waals surface area contributed by atoms with Crippen molar-refractivity contribution in [1.82, 2.24) is 5.32 Å². The monoisotopic (exact) mass is 258 g/mol. The Bertz CT molecular complexity index is 489. The van der Waals surface area contributed by atoms with E-state index in [1.165, 1.54) is 5.56 Å². The van der Waals surface area contributed by atoms with E-state index in [-0.39, 0.29) is 17.4 Å². The van der Waals surface area contributed by atoms with E-state index >= 15 is 0 Å². The van der Waals surface area contributed by atoms with Crippen molar-refractivity contribution < 1.29 is 4.79 Å². The van der Waals surface area contributed by atoms with Crippen molar-refractivity contribution in [2.75, 3.05) is 0 Å². The van der Waals surface area contributed by atoms with Crippen LogP contribution in [0.5, 0.6) is 0 Å². The van der Waals surface area contributed by atoms with E-state index in [2.05, 4.69) is 17.4 Å². The Morgan fingerprint density at radius 2 is 2.21 bits per heavy atom. The van der Waals surface area contributed by atoms with E-state index in [0.717, 1.165) is 37.7 Å². The van der Waals surface area contributed by atoms with Gasteiger partial charge in [-0.1, -0.05) is 24.3 Å². The molecule has 0 radical (unpaired) electrons. The summed E-state index contributed by atoms with van der Waals surface area (Å²) in [5, 5.41) is 3.07. The van der Waals surface area contributed by atoms with Crippen molar-refractivity contribution >= 4 is 5.91 Å². The van der Waals surface area contributed by atoms with Gasteiger partial charge >= 0.3 is 0 Å². The zero-order valence-electron chi connectivity index (χ0n) is 11.5. The molecule has 0 saturated heterocycles. The van der Waals surface area contributed by atoms with Crippen molar-refractivity contribution in [2.24, 2.45) is 5.73 Å². The van der Waals surface area contributed by atoms with Crippen molar-refractivity contribution in [3.63, 3.8) is 0 Å². The van der Waals surface area contributed by atoms with Crippen molar-refractivity contribution in [3.05, 3.63) is 35.4 Å². The number of nitrogens with two attached hydrogens (primary N) is 1. The van der Waals surface area contributed by atoms with Crippen LogP contribution in [0, 0.1) is 0 Å². The first-order valence-corrected chi connectivity index (χ1v) is 7.24. The standard InChI is InChI=1S/C16H22N2O/c1-11(15(19)18-14-5-6-14)13-4-2-3-12(9-13)10-16(17)7-8-16/h2-4,9,11,14H,5-8,10,17H2,1H3,(H,18,19). The fourth-order valence-corrected chi connectivity index (χ4v) is 2.42. The number of benzene rings is 1. The highest BCUT2D eigenvalue weighted by atomic mass is 16.1. The quantitative estimate of drug-likeness (QED) is 0.850. The zero-order chi connectivity index (χ0) is 13.5. The number of carbonyl (C=O) groups excluding carboxylic acids is 1. The summed E-state index contributed by atoms with van der Waals surface area (Å²) in [5.74, 6) is 0.0713. The lowest BCUT2D eigenvalue weighted by molar-refractivity contribution is -0.122. The molecular weight excluding hydrogens is 236 g/mol. The maximum absolute atomic E-state index is 12.1. The van der Waals surface area contributed by atoms with Gasteiger partial charge in [0.25, 0.3) is 0 Å². The van der Waals surface area contributed by atoms with Crippen molar-refractivity contribution in [2.45, 2.75) is 56.5 Å². The topological polar surface area (TPSA) is 55.1 Å². The molecule has 1 aromatic carbocycles. The molecule has 1 aromatic rings. The van der Waals surface area contributed by atoms with Gasteiger partial charge in [0, 0.05) is 11.6 Å². The number of hydrogen-bond acceptors (Lipinski definition) is 2. The smallest absolute Gasteiger partial charge is 0.227 e. The normalized spacial score (nSPS) is 21.8. The Kier molecular flexibility index (Phi) is 3.09. The van der Waals surface area contributed by atoms with Gasteiger partial charge < -0.3 is 11.1 Å². The highest BCUT2D eigenvalue weighted by Crippen LogP contribution is 2.36. The van der Waals surface area contributed by atoms with Crippen LogP contribution >= 0.6 is 0 Å². The molecule has 3 rings (SSSR count). The van der Waals surface area contributed by atoms with Crippen LogP contribution in [-0.2, 0) is 11.2 Å². The molecule has 0 spiro atoms. The molecule has 2 aliphatic rings. The third kappa shape index (κ3) is 3.16. The van der Waals surface area contributed by atoms with Gasteiger partial charge in [0.05, 0.1) is 5.92 Å². The molecule has 0 heterocycles. The molecule has 1 amide bonds. The molecule has 1 unspecified atom stereocenters. The Balaban J connectivity index is 1.68. The van der Waals surface area contributed by atoms with E-state index in [9.17, 15) is 4.79 Å². The highest BCUT2D eigenvalue weighted by molar-refractivity contribution is 5.83. The van der Waals surface area contributed by atoms with Crippen LogP contribution in [0.3, 0.4) is 0 Å². The average molecular weight is 258 g/mol. The van der Waals surface area contributed by atoms with Gasteiger partial charge in [-0.05, 0) is 50.2 Å². The van der Waals surface area contributed by atoms with Gasteiger partial charge in [-0.2, -0.15) is 0 Å². The molecule has 3 heteroatoms. The minimum atomic E-state index is -0.0755. The average Bonchev–Trinajstić information content (AvgIpc) is 3.29. The molecule has 2 saturated carbocycles. The second kappa shape index (κ2) is 4.64. The summed E-state index contributed by atoms with van der Waals surface area (Å²) < 4.78 is 0. The first-order valence-electron chi connectivity index (χ1n) is 7.24. The molecular formula is C16H22N2O. The van der Waals surface area contributed by atoms with E-state index in [1.807, 2.05) is 19.1 Å². The Hall–Kier alpha value is -1.35. The summed E-state index contributed by atoms with van der Waals surface area (Å²) in [6.45, 7) is 1.98. The van der Waals surface area contributed by atoms with Gasteiger partial charge in [0.15, 0.2) is 0 Å². The number of hydrogen-bond donors (Lipinski definition) is 2. The highest BCUT2D eigenvalue weighted by Gasteiger charge is 2.38. The lowest BCUT2D eigenvalue weighted by Crippen LogP contribution is -2.30.